The largest absolute Gasteiger partial charge is 0.497 e. The molecule has 1 N–H and O–H groups in total. The number of nitrogens with zero attached hydrogens (tertiary/aromatic N) is 2. The summed E-state index contributed by atoms with van der Waals surface area (Å²) in [6.07, 6.45) is 0.998. The number of hydrogen-bond donors (Lipinski definition) is 1. The number of likely N-dealkylation sites (N-methyl/N-ethyl adjacent to an activating group) is 1. The Morgan fingerprint density at radius 3 is 2.83 bits per heavy atom. The van der Waals surface area contributed by atoms with E-state index in [9.17, 15) is 9.90 Å². The summed E-state index contributed by atoms with van der Waals surface area (Å²) < 4.78 is 5.29. The molecule has 0 aliphatic carbocycles. The zero-order chi connectivity index (χ0) is 16.8. The molecule has 1 amide bonds. The van der Waals surface area contributed by atoms with E-state index in [1.165, 1.54) is 0 Å². The first-order valence-electron chi connectivity index (χ1n) is 8.39. The lowest BCUT2D eigenvalue weighted by Crippen LogP contribution is -2.41. The Morgan fingerprint density at radius 2 is 2.22 bits per heavy atom. The standard InChI is InChI=1S/C18H28N2O3/c1-4-19(12-16(21)13-20-10-6-9-18(20)22)14(2)15-7-5-8-17(11-15)23-3/h5,7-8,11,14,16,21H,4,6,9-10,12-13H2,1-3H3. The minimum Gasteiger partial charge on any atom is -0.497 e. The first kappa shape index (κ1) is 17.8. The van der Waals surface area contributed by atoms with Crippen LogP contribution in [0.4, 0.5) is 0 Å². The number of β-amino-alcohol motifs (C(OH)–C–C–N with tert-alkyl or cyclic N) is 1. The number of benzene rings is 1. The summed E-state index contributed by atoms with van der Waals surface area (Å²) in [5.41, 5.74) is 1.16. The van der Waals surface area contributed by atoms with Crippen LogP contribution in [0, 0.1) is 0 Å². The molecule has 23 heavy (non-hydrogen) atoms. The number of amides is 1. The summed E-state index contributed by atoms with van der Waals surface area (Å²) in [6, 6.07) is 8.20. The van der Waals surface area contributed by atoms with Crippen molar-refractivity contribution in [3.8, 4) is 5.75 Å². The van der Waals surface area contributed by atoms with E-state index in [4.69, 9.17) is 4.74 Å². The van der Waals surface area contributed by atoms with Crippen molar-refractivity contribution >= 4 is 5.91 Å². The summed E-state index contributed by atoms with van der Waals surface area (Å²) >= 11 is 0. The van der Waals surface area contributed by atoms with Gasteiger partial charge >= 0.3 is 0 Å². The zero-order valence-corrected chi connectivity index (χ0v) is 14.4. The van der Waals surface area contributed by atoms with Crippen molar-refractivity contribution in [1.29, 1.82) is 0 Å². The summed E-state index contributed by atoms with van der Waals surface area (Å²) in [5, 5.41) is 10.4. The molecule has 1 aromatic carbocycles. The van der Waals surface area contributed by atoms with E-state index in [0.717, 1.165) is 30.8 Å². The molecule has 2 unspecified atom stereocenters. The van der Waals surface area contributed by atoms with E-state index in [0.29, 0.717) is 19.5 Å². The Morgan fingerprint density at radius 1 is 1.43 bits per heavy atom. The van der Waals surface area contributed by atoms with Gasteiger partial charge in [0, 0.05) is 32.1 Å². The molecule has 0 aromatic heterocycles. The Kier molecular flexibility index (Phi) is 6.42. The van der Waals surface area contributed by atoms with Gasteiger partial charge in [-0.3, -0.25) is 9.69 Å². The molecule has 2 rings (SSSR count). The maximum absolute atomic E-state index is 11.7. The zero-order valence-electron chi connectivity index (χ0n) is 14.4. The third kappa shape index (κ3) is 4.69. The molecule has 1 aromatic rings. The number of carbonyl (C=O) groups is 1. The van der Waals surface area contributed by atoms with E-state index < -0.39 is 6.10 Å². The fourth-order valence-corrected chi connectivity index (χ4v) is 3.15. The van der Waals surface area contributed by atoms with Crippen LogP contribution in [0.2, 0.25) is 0 Å². The van der Waals surface area contributed by atoms with E-state index in [-0.39, 0.29) is 11.9 Å². The number of hydrogen-bond acceptors (Lipinski definition) is 4. The topological polar surface area (TPSA) is 53.0 Å². The smallest absolute Gasteiger partial charge is 0.222 e. The predicted octanol–water partition coefficient (Wildman–Crippen LogP) is 2.06. The third-order valence-corrected chi connectivity index (χ3v) is 4.58. The molecule has 0 saturated carbocycles. The molecule has 2 atom stereocenters. The second kappa shape index (κ2) is 8.31. The van der Waals surface area contributed by atoms with Gasteiger partial charge in [0.25, 0.3) is 0 Å². The molecular formula is C18H28N2O3. The number of likely N-dealkylation sites (tertiary alicyclic amines) is 1. The van der Waals surface area contributed by atoms with Crippen LogP contribution in [-0.2, 0) is 4.79 Å². The SMILES string of the molecule is CCN(CC(O)CN1CCCC1=O)C(C)c1cccc(OC)c1. The van der Waals surface area contributed by atoms with Gasteiger partial charge in [0.1, 0.15) is 5.75 Å². The van der Waals surface area contributed by atoms with Gasteiger partial charge in [-0.2, -0.15) is 0 Å². The minimum atomic E-state index is -0.523. The van der Waals surface area contributed by atoms with Crippen molar-refractivity contribution in [2.75, 3.05) is 33.3 Å². The highest BCUT2D eigenvalue weighted by Crippen LogP contribution is 2.24. The highest BCUT2D eigenvalue weighted by Gasteiger charge is 2.24. The van der Waals surface area contributed by atoms with Crippen molar-refractivity contribution in [2.45, 2.75) is 38.8 Å². The average Bonchev–Trinajstić information content (AvgIpc) is 2.96. The molecule has 128 valence electrons. The molecule has 0 radical (unpaired) electrons. The number of aliphatic hydroxyl groups excluding tert-OH is 1. The molecular weight excluding hydrogens is 292 g/mol. The summed E-state index contributed by atoms with van der Waals surface area (Å²) in [6.45, 7) is 6.81. The lowest BCUT2D eigenvalue weighted by Gasteiger charge is -2.31. The van der Waals surface area contributed by atoms with Crippen LogP contribution in [0.15, 0.2) is 24.3 Å². The average molecular weight is 320 g/mol. The van der Waals surface area contributed by atoms with E-state index in [1.807, 2.05) is 18.2 Å². The van der Waals surface area contributed by atoms with Gasteiger partial charge in [-0.25, -0.2) is 0 Å². The van der Waals surface area contributed by atoms with Crippen LogP contribution in [0.1, 0.15) is 38.3 Å². The van der Waals surface area contributed by atoms with Crippen LogP contribution in [0.5, 0.6) is 5.75 Å². The maximum atomic E-state index is 11.7. The predicted molar refractivity (Wildman–Crippen MR) is 90.5 cm³/mol. The number of rotatable bonds is 8. The van der Waals surface area contributed by atoms with Crippen molar-refractivity contribution in [3.63, 3.8) is 0 Å². The number of ether oxygens (including phenoxy) is 1. The normalized spacial score (nSPS) is 17.6. The Labute approximate surface area is 138 Å². The van der Waals surface area contributed by atoms with Gasteiger partial charge in [-0.15, -0.1) is 0 Å². The molecule has 1 heterocycles. The fourth-order valence-electron chi connectivity index (χ4n) is 3.15. The third-order valence-electron chi connectivity index (χ3n) is 4.58. The highest BCUT2D eigenvalue weighted by atomic mass is 16.5. The second-order valence-electron chi connectivity index (χ2n) is 6.14. The Hall–Kier alpha value is -1.59. The van der Waals surface area contributed by atoms with Crippen LogP contribution >= 0.6 is 0 Å². The van der Waals surface area contributed by atoms with E-state index in [2.05, 4.69) is 24.8 Å². The van der Waals surface area contributed by atoms with Crippen molar-refractivity contribution in [3.05, 3.63) is 29.8 Å². The molecule has 0 bridgehead atoms. The molecule has 1 fully saturated rings. The number of aliphatic hydroxyl groups is 1. The van der Waals surface area contributed by atoms with Crippen LogP contribution in [0.25, 0.3) is 0 Å². The van der Waals surface area contributed by atoms with Gasteiger partial charge in [0.05, 0.1) is 13.2 Å². The van der Waals surface area contributed by atoms with Gasteiger partial charge in [-0.05, 0) is 37.6 Å². The molecule has 1 saturated heterocycles. The van der Waals surface area contributed by atoms with Gasteiger partial charge in [0.2, 0.25) is 5.91 Å². The minimum absolute atomic E-state index is 0.160. The number of carbonyl (C=O) groups excluding carboxylic acids is 1. The summed E-state index contributed by atoms with van der Waals surface area (Å²) in [7, 11) is 1.66. The highest BCUT2D eigenvalue weighted by molar-refractivity contribution is 5.78. The van der Waals surface area contributed by atoms with Crippen molar-refractivity contribution in [2.24, 2.45) is 0 Å². The molecule has 0 spiro atoms. The Bertz CT molecular complexity index is 521. The first-order chi connectivity index (χ1) is 11.0. The van der Waals surface area contributed by atoms with Crippen molar-refractivity contribution in [1.82, 2.24) is 9.80 Å². The molecule has 1 aliphatic heterocycles. The molecule has 5 nitrogen and oxygen atoms in total. The Balaban J connectivity index is 1.96. The molecule has 5 heteroatoms. The lowest BCUT2D eigenvalue weighted by molar-refractivity contribution is -0.129. The van der Waals surface area contributed by atoms with Gasteiger partial charge in [-0.1, -0.05) is 19.1 Å². The van der Waals surface area contributed by atoms with E-state index >= 15 is 0 Å². The maximum Gasteiger partial charge on any atom is 0.222 e. The van der Waals surface area contributed by atoms with Gasteiger partial charge in [0.15, 0.2) is 0 Å². The quantitative estimate of drug-likeness (QED) is 0.796. The summed E-state index contributed by atoms with van der Waals surface area (Å²) in [5.74, 6) is 1.00. The first-order valence-corrected chi connectivity index (χ1v) is 8.39. The van der Waals surface area contributed by atoms with Crippen molar-refractivity contribution < 1.29 is 14.6 Å². The molecule has 1 aliphatic rings. The second-order valence-corrected chi connectivity index (χ2v) is 6.14. The lowest BCUT2D eigenvalue weighted by atomic mass is 10.1. The summed E-state index contributed by atoms with van der Waals surface area (Å²) in [4.78, 5) is 15.7. The monoisotopic (exact) mass is 320 g/mol. The van der Waals surface area contributed by atoms with E-state index in [1.54, 1.807) is 12.0 Å². The van der Waals surface area contributed by atoms with Crippen LogP contribution in [0.3, 0.4) is 0 Å². The fraction of sp³-hybridized carbons (Fsp3) is 0.611. The van der Waals surface area contributed by atoms with Crippen LogP contribution in [-0.4, -0.2) is 60.2 Å². The van der Waals surface area contributed by atoms with Gasteiger partial charge < -0.3 is 14.7 Å². The number of methoxy groups -OCH3 is 1. The van der Waals surface area contributed by atoms with Crippen LogP contribution < -0.4 is 4.74 Å².